The Kier molecular flexibility index (Phi) is 6.68. The summed E-state index contributed by atoms with van der Waals surface area (Å²) in [6, 6.07) is 7.28. The van der Waals surface area contributed by atoms with Gasteiger partial charge in [0.1, 0.15) is 5.75 Å². The smallest absolute Gasteiger partial charge is 0.271 e. The molecule has 0 saturated heterocycles. The predicted molar refractivity (Wildman–Crippen MR) is 102 cm³/mol. The van der Waals surface area contributed by atoms with E-state index in [1.165, 1.54) is 12.4 Å². The van der Waals surface area contributed by atoms with Gasteiger partial charge in [-0.1, -0.05) is 0 Å². The zero-order valence-electron chi connectivity index (χ0n) is 15.2. The van der Waals surface area contributed by atoms with Gasteiger partial charge in [0.15, 0.2) is 0 Å². The van der Waals surface area contributed by atoms with E-state index in [0.717, 1.165) is 18.8 Å². The normalized spacial score (nSPS) is 10.9. The number of carbonyl (C=O) groups is 1. The Labute approximate surface area is 153 Å². The van der Waals surface area contributed by atoms with Crippen LogP contribution in [0.4, 0.5) is 5.69 Å². The summed E-state index contributed by atoms with van der Waals surface area (Å²) >= 11 is 0. The van der Waals surface area contributed by atoms with Crippen molar-refractivity contribution in [2.24, 2.45) is 5.10 Å². The van der Waals surface area contributed by atoms with Crippen LogP contribution in [0.25, 0.3) is 0 Å². The van der Waals surface area contributed by atoms with Crippen molar-refractivity contribution in [3.05, 3.63) is 52.8 Å². The lowest BCUT2D eigenvalue weighted by Gasteiger charge is -2.20. The van der Waals surface area contributed by atoms with E-state index in [1.807, 2.05) is 12.1 Å². The van der Waals surface area contributed by atoms with Crippen molar-refractivity contribution in [1.82, 2.24) is 10.4 Å². The number of carbonyl (C=O) groups excluding carboxylic acids is 1. The number of benzene rings is 1. The van der Waals surface area contributed by atoms with Crippen molar-refractivity contribution < 1.29 is 15.0 Å². The Bertz CT molecular complexity index is 784. The monoisotopic (exact) mass is 356 g/mol. The summed E-state index contributed by atoms with van der Waals surface area (Å²) in [7, 11) is 0. The number of amides is 1. The van der Waals surface area contributed by atoms with Crippen LogP contribution in [0.2, 0.25) is 0 Å². The molecule has 1 aromatic heterocycles. The molecule has 1 amide bonds. The highest BCUT2D eigenvalue weighted by molar-refractivity contribution is 5.95. The van der Waals surface area contributed by atoms with E-state index in [9.17, 15) is 15.0 Å². The molecule has 1 heterocycles. The van der Waals surface area contributed by atoms with Gasteiger partial charge in [-0.25, -0.2) is 5.43 Å². The first-order chi connectivity index (χ1) is 12.5. The van der Waals surface area contributed by atoms with E-state index in [4.69, 9.17) is 0 Å². The summed E-state index contributed by atoms with van der Waals surface area (Å²) in [5.41, 5.74) is 5.14. The van der Waals surface area contributed by atoms with Gasteiger partial charge in [0.25, 0.3) is 5.91 Å². The third-order valence-corrected chi connectivity index (χ3v) is 4.15. The fourth-order valence-corrected chi connectivity index (χ4v) is 2.55. The zero-order valence-corrected chi connectivity index (χ0v) is 15.2. The number of hydrogen-bond acceptors (Lipinski definition) is 6. The van der Waals surface area contributed by atoms with E-state index >= 15 is 0 Å². The van der Waals surface area contributed by atoms with Crippen LogP contribution in [0, 0.1) is 6.92 Å². The maximum absolute atomic E-state index is 12.2. The van der Waals surface area contributed by atoms with Crippen LogP contribution in [-0.2, 0) is 6.61 Å². The lowest BCUT2D eigenvalue weighted by molar-refractivity contribution is 0.0955. The molecule has 138 valence electrons. The van der Waals surface area contributed by atoms with E-state index < -0.39 is 0 Å². The van der Waals surface area contributed by atoms with Gasteiger partial charge < -0.3 is 15.1 Å². The molecule has 0 radical (unpaired) electrons. The van der Waals surface area contributed by atoms with Gasteiger partial charge in [0.05, 0.1) is 18.5 Å². The SMILES string of the molecule is CCN(CC)c1ccc(C(=O)N/N=C/c2c(CO)cnc(C)c2O)cc1. The van der Waals surface area contributed by atoms with Crippen molar-refractivity contribution in [2.75, 3.05) is 18.0 Å². The van der Waals surface area contributed by atoms with Crippen LogP contribution in [0.1, 0.15) is 41.0 Å². The number of rotatable bonds is 7. The Morgan fingerprint density at radius 3 is 2.50 bits per heavy atom. The maximum atomic E-state index is 12.2. The molecule has 0 saturated carbocycles. The minimum absolute atomic E-state index is 0.0712. The third-order valence-electron chi connectivity index (χ3n) is 4.15. The molecule has 2 rings (SSSR count). The molecule has 7 nitrogen and oxygen atoms in total. The molecule has 0 aliphatic carbocycles. The van der Waals surface area contributed by atoms with Crippen molar-refractivity contribution in [1.29, 1.82) is 0 Å². The van der Waals surface area contributed by atoms with Gasteiger partial charge in [-0.05, 0) is 45.0 Å². The summed E-state index contributed by atoms with van der Waals surface area (Å²) in [4.78, 5) is 18.4. The van der Waals surface area contributed by atoms with Crippen molar-refractivity contribution in [3.63, 3.8) is 0 Å². The summed E-state index contributed by atoms with van der Waals surface area (Å²) < 4.78 is 0. The number of nitrogens with one attached hydrogen (secondary N) is 1. The number of aryl methyl sites for hydroxylation is 1. The van der Waals surface area contributed by atoms with Gasteiger partial charge in [0.2, 0.25) is 0 Å². The number of aliphatic hydroxyl groups is 1. The first-order valence-corrected chi connectivity index (χ1v) is 8.48. The van der Waals surface area contributed by atoms with Crippen LogP contribution >= 0.6 is 0 Å². The number of aromatic hydroxyl groups is 1. The minimum Gasteiger partial charge on any atom is -0.505 e. The molecular weight excluding hydrogens is 332 g/mol. The van der Waals surface area contributed by atoms with Crippen LogP contribution in [-0.4, -0.2) is 40.4 Å². The lowest BCUT2D eigenvalue weighted by Crippen LogP contribution is -2.22. The molecule has 0 aliphatic heterocycles. The molecule has 3 N–H and O–H groups in total. The van der Waals surface area contributed by atoms with E-state index in [-0.39, 0.29) is 18.3 Å². The number of anilines is 1. The van der Waals surface area contributed by atoms with Crippen LogP contribution in [0.3, 0.4) is 0 Å². The number of hydrogen-bond donors (Lipinski definition) is 3. The van der Waals surface area contributed by atoms with Gasteiger partial charge >= 0.3 is 0 Å². The number of aromatic nitrogens is 1. The molecule has 0 atom stereocenters. The summed E-state index contributed by atoms with van der Waals surface area (Å²) in [6.07, 6.45) is 2.77. The Balaban J connectivity index is 2.09. The molecule has 0 aliphatic rings. The highest BCUT2D eigenvalue weighted by Gasteiger charge is 2.10. The molecule has 0 fully saturated rings. The number of aliphatic hydroxyl groups excluding tert-OH is 1. The quantitative estimate of drug-likeness (QED) is 0.522. The second-order valence-corrected chi connectivity index (χ2v) is 5.71. The average molecular weight is 356 g/mol. The summed E-state index contributed by atoms with van der Waals surface area (Å²) in [5, 5.41) is 23.3. The molecule has 2 aromatic rings. The van der Waals surface area contributed by atoms with Crippen molar-refractivity contribution in [2.45, 2.75) is 27.4 Å². The highest BCUT2D eigenvalue weighted by atomic mass is 16.3. The first kappa shape index (κ1) is 19.4. The molecular formula is C19H24N4O3. The van der Waals surface area contributed by atoms with Crippen molar-refractivity contribution >= 4 is 17.8 Å². The maximum Gasteiger partial charge on any atom is 0.271 e. The van der Waals surface area contributed by atoms with E-state index in [1.54, 1.807) is 19.1 Å². The Morgan fingerprint density at radius 2 is 1.92 bits per heavy atom. The lowest BCUT2D eigenvalue weighted by atomic mass is 10.1. The number of hydrazone groups is 1. The summed E-state index contributed by atoms with van der Waals surface area (Å²) in [5.74, 6) is -0.429. The molecule has 7 heteroatoms. The van der Waals surface area contributed by atoms with Gasteiger partial charge in [0, 0.05) is 41.7 Å². The topological polar surface area (TPSA) is 98.1 Å². The van der Waals surface area contributed by atoms with Crippen LogP contribution < -0.4 is 10.3 Å². The fraction of sp³-hybridized carbons (Fsp3) is 0.316. The van der Waals surface area contributed by atoms with Gasteiger partial charge in [-0.3, -0.25) is 9.78 Å². The largest absolute Gasteiger partial charge is 0.505 e. The number of pyridine rings is 1. The Morgan fingerprint density at radius 1 is 1.27 bits per heavy atom. The molecule has 1 aromatic carbocycles. The molecule has 0 unspecified atom stereocenters. The highest BCUT2D eigenvalue weighted by Crippen LogP contribution is 2.21. The summed E-state index contributed by atoms with van der Waals surface area (Å²) in [6.45, 7) is 7.31. The predicted octanol–water partition coefficient (Wildman–Crippen LogP) is 2.20. The van der Waals surface area contributed by atoms with Crippen LogP contribution in [0.5, 0.6) is 5.75 Å². The number of nitrogens with zero attached hydrogens (tertiary/aromatic N) is 3. The van der Waals surface area contributed by atoms with Gasteiger partial charge in [-0.15, -0.1) is 0 Å². The van der Waals surface area contributed by atoms with Gasteiger partial charge in [-0.2, -0.15) is 5.10 Å². The first-order valence-electron chi connectivity index (χ1n) is 8.48. The second-order valence-electron chi connectivity index (χ2n) is 5.71. The van der Waals surface area contributed by atoms with Crippen LogP contribution in [0.15, 0.2) is 35.6 Å². The standard InChI is InChI=1S/C19H24N4O3/c1-4-23(5-2)16-8-6-14(7-9-16)19(26)22-21-11-17-15(12-24)10-20-13(3)18(17)25/h6-11,24-25H,4-5,12H2,1-3H3,(H,22,26)/b21-11+. The average Bonchev–Trinajstić information content (AvgIpc) is 2.66. The zero-order chi connectivity index (χ0) is 19.1. The minimum atomic E-state index is -0.358. The third kappa shape index (κ3) is 4.37. The molecule has 26 heavy (non-hydrogen) atoms. The van der Waals surface area contributed by atoms with E-state index in [2.05, 4.69) is 34.3 Å². The second kappa shape index (κ2) is 8.96. The fourth-order valence-electron chi connectivity index (χ4n) is 2.55. The Hall–Kier alpha value is -2.93. The molecule has 0 bridgehead atoms. The molecule has 0 spiro atoms. The van der Waals surface area contributed by atoms with Crippen molar-refractivity contribution in [3.8, 4) is 5.75 Å². The van der Waals surface area contributed by atoms with E-state index in [0.29, 0.717) is 22.4 Å².